The van der Waals surface area contributed by atoms with Crippen LogP contribution in [0.1, 0.15) is 53.6 Å². The minimum atomic E-state index is 0.0897. The average Bonchev–Trinajstić information content (AvgIpc) is 3.13. The lowest BCUT2D eigenvalue weighted by Gasteiger charge is -2.26. The molecule has 0 spiro atoms. The summed E-state index contributed by atoms with van der Waals surface area (Å²) in [5.74, 6) is 0.0897. The number of carbonyl (C=O) groups excluding carboxylic acids is 1. The number of hydrogen-bond acceptors (Lipinski definition) is 1. The number of carbonyl (C=O) groups is 1. The van der Waals surface area contributed by atoms with Crippen LogP contribution < -0.4 is 5.32 Å². The third-order valence-corrected chi connectivity index (χ3v) is 6.12. The Morgan fingerprint density at radius 1 is 1.15 bits per heavy atom. The molecular formula is C17H22BrNO. The third-order valence-electron chi connectivity index (χ3n) is 4.93. The summed E-state index contributed by atoms with van der Waals surface area (Å²) in [5.41, 5.74) is 3.91. The van der Waals surface area contributed by atoms with Gasteiger partial charge >= 0.3 is 0 Å². The molecule has 0 radical (unpaired) electrons. The second-order valence-corrected chi connectivity index (χ2v) is 6.92. The first-order chi connectivity index (χ1) is 9.72. The highest BCUT2D eigenvalue weighted by molar-refractivity contribution is 9.09. The van der Waals surface area contributed by atoms with E-state index in [9.17, 15) is 4.79 Å². The molecule has 1 N–H and O–H groups in total. The van der Waals surface area contributed by atoms with Crippen LogP contribution in [0.15, 0.2) is 18.2 Å². The van der Waals surface area contributed by atoms with Gasteiger partial charge in [-0.1, -0.05) is 34.8 Å². The molecule has 0 bridgehead atoms. The van der Waals surface area contributed by atoms with Crippen LogP contribution in [0.25, 0.3) is 0 Å². The van der Waals surface area contributed by atoms with Gasteiger partial charge in [0.05, 0.1) is 0 Å². The van der Waals surface area contributed by atoms with Crippen molar-refractivity contribution in [3.8, 4) is 0 Å². The number of fused-ring (bicyclic) bond motifs is 1. The number of nitrogens with one attached hydrogen (secondary N) is 1. The molecule has 2 aliphatic carbocycles. The SMILES string of the molecule is O=C(NCC1(CBr)CCCC1)c1ccc2c(c1)CCC2. The number of halogens is 1. The van der Waals surface area contributed by atoms with Crippen LogP contribution in [0.2, 0.25) is 0 Å². The van der Waals surface area contributed by atoms with Crippen LogP contribution in [0.4, 0.5) is 0 Å². The number of hydrogen-bond donors (Lipinski definition) is 1. The van der Waals surface area contributed by atoms with E-state index in [1.165, 1.54) is 49.7 Å². The minimum absolute atomic E-state index is 0.0897. The second-order valence-electron chi connectivity index (χ2n) is 6.36. The highest BCUT2D eigenvalue weighted by Crippen LogP contribution is 2.39. The first-order valence-electron chi connectivity index (χ1n) is 7.68. The van der Waals surface area contributed by atoms with E-state index in [1.807, 2.05) is 6.07 Å². The van der Waals surface area contributed by atoms with Gasteiger partial charge in [0, 0.05) is 17.4 Å². The maximum absolute atomic E-state index is 12.3. The van der Waals surface area contributed by atoms with Gasteiger partial charge in [0.25, 0.3) is 5.91 Å². The van der Waals surface area contributed by atoms with Gasteiger partial charge < -0.3 is 5.32 Å². The van der Waals surface area contributed by atoms with E-state index >= 15 is 0 Å². The summed E-state index contributed by atoms with van der Waals surface area (Å²) in [7, 11) is 0. The summed E-state index contributed by atoms with van der Waals surface area (Å²) in [5, 5.41) is 4.15. The van der Waals surface area contributed by atoms with Crippen LogP contribution in [-0.4, -0.2) is 17.8 Å². The van der Waals surface area contributed by atoms with Crippen LogP contribution in [0, 0.1) is 5.41 Å². The lowest BCUT2D eigenvalue weighted by atomic mass is 9.88. The molecule has 3 rings (SSSR count). The van der Waals surface area contributed by atoms with Crippen molar-refractivity contribution in [2.75, 3.05) is 11.9 Å². The van der Waals surface area contributed by atoms with E-state index in [0.717, 1.165) is 23.9 Å². The largest absolute Gasteiger partial charge is 0.351 e. The van der Waals surface area contributed by atoms with Crippen LogP contribution in [-0.2, 0) is 12.8 Å². The lowest BCUT2D eigenvalue weighted by molar-refractivity contribution is 0.0935. The zero-order valence-corrected chi connectivity index (χ0v) is 13.5. The third kappa shape index (κ3) is 2.78. The number of benzene rings is 1. The van der Waals surface area contributed by atoms with Gasteiger partial charge in [-0.15, -0.1) is 0 Å². The summed E-state index contributed by atoms with van der Waals surface area (Å²) < 4.78 is 0. The van der Waals surface area contributed by atoms with E-state index in [2.05, 4.69) is 33.4 Å². The fraction of sp³-hybridized carbons (Fsp3) is 0.588. The lowest BCUT2D eigenvalue weighted by Crippen LogP contribution is -2.37. The van der Waals surface area contributed by atoms with Crippen molar-refractivity contribution in [3.05, 3.63) is 34.9 Å². The predicted octanol–water partition coefficient (Wildman–Crippen LogP) is 3.86. The molecule has 108 valence electrons. The standard InChI is InChI=1S/C17H22BrNO/c18-11-17(8-1-2-9-17)12-19-16(20)15-7-6-13-4-3-5-14(13)10-15/h6-7,10H,1-5,8-9,11-12H2,(H,19,20). The summed E-state index contributed by atoms with van der Waals surface area (Å²) in [6.45, 7) is 0.800. The first-order valence-corrected chi connectivity index (χ1v) is 8.81. The quantitative estimate of drug-likeness (QED) is 0.831. The van der Waals surface area contributed by atoms with Crippen LogP contribution in [0.5, 0.6) is 0 Å². The maximum atomic E-state index is 12.3. The van der Waals surface area contributed by atoms with Crippen LogP contribution >= 0.6 is 15.9 Å². The molecule has 2 nitrogen and oxygen atoms in total. The number of amides is 1. The van der Waals surface area contributed by atoms with Gasteiger partial charge in [-0.3, -0.25) is 4.79 Å². The molecule has 1 aromatic rings. The Kier molecular flexibility index (Phi) is 4.16. The van der Waals surface area contributed by atoms with E-state index in [0.29, 0.717) is 0 Å². The van der Waals surface area contributed by atoms with Crippen molar-refractivity contribution in [1.29, 1.82) is 0 Å². The molecular weight excluding hydrogens is 314 g/mol. The fourth-order valence-corrected chi connectivity index (χ4v) is 4.32. The maximum Gasteiger partial charge on any atom is 0.251 e. The molecule has 0 saturated heterocycles. The number of aryl methyl sites for hydroxylation is 2. The normalized spacial score (nSPS) is 19.9. The van der Waals surface area contributed by atoms with E-state index in [4.69, 9.17) is 0 Å². The van der Waals surface area contributed by atoms with Crippen LogP contribution in [0.3, 0.4) is 0 Å². The Labute approximate surface area is 129 Å². The predicted molar refractivity (Wildman–Crippen MR) is 85.5 cm³/mol. The molecule has 1 fully saturated rings. The highest BCUT2D eigenvalue weighted by Gasteiger charge is 2.33. The van der Waals surface area contributed by atoms with Gasteiger partial charge in [0.15, 0.2) is 0 Å². The zero-order valence-electron chi connectivity index (χ0n) is 11.9. The summed E-state index contributed by atoms with van der Waals surface area (Å²) in [6.07, 6.45) is 8.56. The molecule has 20 heavy (non-hydrogen) atoms. The Hall–Kier alpha value is -0.830. The van der Waals surface area contributed by atoms with E-state index < -0.39 is 0 Å². The van der Waals surface area contributed by atoms with Gasteiger partial charge in [-0.2, -0.15) is 0 Å². The first kappa shape index (κ1) is 14.1. The van der Waals surface area contributed by atoms with Crippen molar-refractivity contribution < 1.29 is 4.79 Å². The fourth-order valence-electron chi connectivity index (χ4n) is 3.57. The molecule has 0 aromatic heterocycles. The summed E-state index contributed by atoms with van der Waals surface area (Å²) in [6, 6.07) is 6.20. The summed E-state index contributed by atoms with van der Waals surface area (Å²) >= 11 is 3.63. The Morgan fingerprint density at radius 2 is 1.90 bits per heavy atom. The Balaban J connectivity index is 1.64. The van der Waals surface area contributed by atoms with E-state index in [1.54, 1.807) is 0 Å². The van der Waals surface area contributed by atoms with Crippen molar-refractivity contribution >= 4 is 21.8 Å². The highest BCUT2D eigenvalue weighted by atomic mass is 79.9. The van der Waals surface area contributed by atoms with Crippen molar-refractivity contribution in [2.24, 2.45) is 5.41 Å². The zero-order chi connectivity index (χ0) is 14.0. The smallest absolute Gasteiger partial charge is 0.251 e. The molecule has 0 atom stereocenters. The molecule has 3 heteroatoms. The number of rotatable bonds is 4. The van der Waals surface area contributed by atoms with Gasteiger partial charge in [0.1, 0.15) is 0 Å². The van der Waals surface area contributed by atoms with Crippen molar-refractivity contribution in [3.63, 3.8) is 0 Å². The molecule has 0 aliphatic heterocycles. The second kappa shape index (κ2) is 5.88. The minimum Gasteiger partial charge on any atom is -0.351 e. The van der Waals surface area contributed by atoms with E-state index in [-0.39, 0.29) is 11.3 Å². The van der Waals surface area contributed by atoms with Gasteiger partial charge in [-0.05, 0) is 60.8 Å². The molecule has 0 unspecified atom stereocenters. The van der Waals surface area contributed by atoms with Crippen molar-refractivity contribution in [2.45, 2.75) is 44.9 Å². The van der Waals surface area contributed by atoms with Crippen molar-refractivity contribution in [1.82, 2.24) is 5.32 Å². The topological polar surface area (TPSA) is 29.1 Å². The molecule has 2 aliphatic rings. The molecule has 0 heterocycles. The molecule has 1 saturated carbocycles. The monoisotopic (exact) mass is 335 g/mol. The van der Waals surface area contributed by atoms with Gasteiger partial charge in [-0.25, -0.2) is 0 Å². The Morgan fingerprint density at radius 3 is 2.65 bits per heavy atom. The number of alkyl halides is 1. The molecule has 1 aromatic carbocycles. The van der Waals surface area contributed by atoms with Gasteiger partial charge in [0.2, 0.25) is 0 Å². The average molecular weight is 336 g/mol. The summed E-state index contributed by atoms with van der Waals surface area (Å²) in [4.78, 5) is 12.3. The Bertz CT molecular complexity index is 506. The molecule has 1 amide bonds.